The molecule has 0 saturated heterocycles. The third-order valence-corrected chi connectivity index (χ3v) is 4.77. The highest BCUT2D eigenvalue weighted by Crippen LogP contribution is 2.25. The van der Waals surface area contributed by atoms with Crippen LogP contribution in [-0.4, -0.2) is 26.2 Å². The van der Waals surface area contributed by atoms with Crippen molar-refractivity contribution in [3.63, 3.8) is 0 Å². The number of aryl methyl sites for hydroxylation is 2. The van der Waals surface area contributed by atoms with Crippen molar-refractivity contribution < 1.29 is 14.0 Å². The van der Waals surface area contributed by atoms with Gasteiger partial charge >= 0.3 is 0 Å². The lowest BCUT2D eigenvalue weighted by Crippen LogP contribution is -2.27. The molecular formula is C21H18N4O4. The van der Waals surface area contributed by atoms with E-state index >= 15 is 0 Å². The number of anilines is 1. The molecule has 0 radical (unpaired) electrons. The fourth-order valence-electron chi connectivity index (χ4n) is 3.04. The highest BCUT2D eigenvalue weighted by molar-refractivity contribution is 6.01. The minimum absolute atomic E-state index is 0.0560. The number of aromatic nitrogens is 3. The van der Waals surface area contributed by atoms with Crippen LogP contribution in [0.4, 0.5) is 5.69 Å². The minimum Gasteiger partial charge on any atom is -0.430 e. The van der Waals surface area contributed by atoms with Crippen LogP contribution in [0.3, 0.4) is 0 Å². The van der Waals surface area contributed by atoms with E-state index in [0.717, 1.165) is 11.3 Å². The molecule has 0 aliphatic rings. The van der Waals surface area contributed by atoms with Crippen molar-refractivity contribution in [1.29, 1.82) is 0 Å². The summed E-state index contributed by atoms with van der Waals surface area (Å²) in [6.45, 7) is 5.04. The maximum atomic E-state index is 12.8. The van der Waals surface area contributed by atoms with Gasteiger partial charge in [0.25, 0.3) is 5.56 Å². The summed E-state index contributed by atoms with van der Waals surface area (Å²) in [5.74, 6) is -0.454. The van der Waals surface area contributed by atoms with E-state index in [2.05, 4.69) is 15.3 Å². The number of carbonyl (C=O) groups excluding carboxylic acids is 2. The summed E-state index contributed by atoms with van der Waals surface area (Å²) < 4.78 is 6.81. The summed E-state index contributed by atoms with van der Waals surface area (Å²) in [6, 6.07) is 8.41. The van der Waals surface area contributed by atoms with Crippen LogP contribution in [0, 0.1) is 13.8 Å². The van der Waals surface area contributed by atoms with E-state index in [4.69, 9.17) is 4.42 Å². The third-order valence-electron chi connectivity index (χ3n) is 4.77. The average molecular weight is 390 g/mol. The Balaban J connectivity index is 1.61. The molecule has 4 aromatic rings. The van der Waals surface area contributed by atoms with E-state index in [-0.39, 0.29) is 17.9 Å². The highest BCUT2D eigenvalue weighted by atomic mass is 16.3. The number of carbonyl (C=O) groups is 2. The topological polar surface area (TPSA) is 107 Å². The van der Waals surface area contributed by atoms with E-state index in [1.54, 1.807) is 24.3 Å². The zero-order valence-corrected chi connectivity index (χ0v) is 16.1. The summed E-state index contributed by atoms with van der Waals surface area (Å²) in [6.07, 6.45) is 1.33. The van der Waals surface area contributed by atoms with Crippen molar-refractivity contribution in [2.24, 2.45) is 0 Å². The van der Waals surface area contributed by atoms with Gasteiger partial charge in [-0.1, -0.05) is 0 Å². The largest absolute Gasteiger partial charge is 0.430 e. The number of amides is 1. The number of fused-ring (bicyclic) bond motifs is 3. The van der Waals surface area contributed by atoms with Crippen molar-refractivity contribution >= 4 is 39.6 Å². The number of hydrogen-bond acceptors (Lipinski definition) is 6. The molecule has 3 heterocycles. The summed E-state index contributed by atoms with van der Waals surface area (Å²) in [4.78, 5) is 45.1. The van der Waals surface area contributed by atoms with Gasteiger partial charge < -0.3 is 9.73 Å². The zero-order valence-electron chi connectivity index (χ0n) is 16.1. The highest BCUT2D eigenvalue weighted by Gasteiger charge is 2.16. The molecule has 4 rings (SSSR count). The van der Waals surface area contributed by atoms with Gasteiger partial charge in [0.15, 0.2) is 5.78 Å². The molecule has 0 bridgehead atoms. The molecule has 0 aliphatic carbocycles. The number of pyridine rings is 1. The smallest absolute Gasteiger partial charge is 0.297 e. The molecule has 0 spiro atoms. The first-order valence-electron chi connectivity index (χ1n) is 9.00. The Labute approximate surface area is 165 Å². The van der Waals surface area contributed by atoms with Crippen molar-refractivity contribution in [2.75, 3.05) is 5.32 Å². The summed E-state index contributed by atoms with van der Waals surface area (Å²) >= 11 is 0. The summed E-state index contributed by atoms with van der Waals surface area (Å²) in [5, 5.41) is 3.36. The Morgan fingerprint density at radius 1 is 1.17 bits per heavy atom. The first-order valence-corrected chi connectivity index (χ1v) is 9.00. The van der Waals surface area contributed by atoms with Crippen LogP contribution in [0.15, 0.2) is 45.9 Å². The first kappa shape index (κ1) is 18.5. The number of hydrogen-bond donors (Lipinski definition) is 1. The lowest BCUT2D eigenvalue weighted by atomic mass is 10.1. The summed E-state index contributed by atoms with van der Waals surface area (Å²) in [5.41, 5.74) is 3.26. The molecule has 1 amide bonds. The van der Waals surface area contributed by atoms with Crippen molar-refractivity contribution in [2.45, 2.75) is 27.3 Å². The number of benzene rings is 1. The molecule has 0 unspecified atom stereocenters. The van der Waals surface area contributed by atoms with Gasteiger partial charge in [0.05, 0.1) is 11.7 Å². The quantitative estimate of drug-likeness (QED) is 0.537. The van der Waals surface area contributed by atoms with Gasteiger partial charge in [-0.05, 0) is 56.7 Å². The van der Waals surface area contributed by atoms with Crippen LogP contribution < -0.4 is 10.9 Å². The van der Waals surface area contributed by atoms with Gasteiger partial charge in [-0.3, -0.25) is 19.0 Å². The monoisotopic (exact) mass is 390 g/mol. The van der Waals surface area contributed by atoms with Crippen LogP contribution >= 0.6 is 0 Å². The van der Waals surface area contributed by atoms with E-state index in [0.29, 0.717) is 27.9 Å². The van der Waals surface area contributed by atoms with Crippen molar-refractivity contribution in [3.05, 3.63) is 63.8 Å². The molecule has 0 fully saturated rings. The standard InChI is InChI=1S/C21H18N4O4/c1-11-8-16-18-19(29-20(16)23-12(11)2)21(28)25(10-22-18)9-17(27)24-15-6-4-14(5-7-15)13(3)26/h4-8,10H,9H2,1-3H3,(H,24,27). The fourth-order valence-corrected chi connectivity index (χ4v) is 3.04. The summed E-state index contributed by atoms with van der Waals surface area (Å²) in [7, 11) is 0. The fraction of sp³-hybridized carbons (Fsp3) is 0.190. The molecule has 1 aromatic carbocycles. The Kier molecular flexibility index (Phi) is 4.46. The molecule has 8 heteroatoms. The SMILES string of the molecule is CC(=O)c1ccc(NC(=O)Cn2cnc3c(oc4nc(C)c(C)cc43)c2=O)cc1. The van der Waals surface area contributed by atoms with Gasteiger partial charge in [0, 0.05) is 16.9 Å². The normalized spacial score (nSPS) is 11.1. The second-order valence-electron chi connectivity index (χ2n) is 6.88. The lowest BCUT2D eigenvalue weighted by Gasteiger charge is -2.07. The minimum atomic E-state index is -0.453. The number of ketones is 1. The van der Waals surface area contributed by atoms with E-state index in [9.17, 15) is 14.4 Å². The number of nitrogens with zero attached hydrogens (tertiary/aromatic N) is 3. The van der Waals surface area contributed by atoms with E-state index in [1.165, 1.54) is 17.8 Å². The second kappa shape index (κ2) is 6.97. The maximum absolute atomic E-state index is 12.8. The van der Waals surface area contributed by atoms with E-state index < -0.39 is 11.5 Å². The third kappa shape index (κ3) is 3.40. The van der Waals surface area contributed by atoms with Crippen LogP contribution in [0.5, 0.6) is 0 Å². The predicted molar refractivity (Wildman–Crippen MR) is 108 cm³/mol. The van der Waals surface area contributed by atoms with Crippen LogP contribution in [0.1, 0.15) is 28.5 Å². The van der Waals surface area contributed by atoms with Gasteiger partial charge in [0.1, 0.15) is 12.1 Å². The Hall–Kier alpha value is -3.81. The molecule has 8 nitrogen and oxygen atoms in total. The number of rotatable bonds is 4. The van der Waals surface area contributed by atoms with Gasteiger partial charge in [-0.2, -0.15) is 0 Å². The predicted octanol–water partition coefficient (Wildman–Crippen LogP) is 3.00. The van der Waals surface area contributed by atoms with Gasteiger partial charge in [-0.15, -0.1) is 0 Å². The number of Topliss-reactive ketones (excluding diaryl/α,β-unsaturated/α-hetero) is 1. The van der Waals surface area contributed by atoms with Gasteiger partial charge in [-0.25, -0.2) is 9.97 Å². The molecule has 1 N–H and O–H groups in total. The van der Waals surface area contributed by atoms with Crippen LogP contribution in [0.25, 0.3) is 22.2 Å². The zero-order chi connectivity index (χ0) is 20.7. The molecule has 3 aromatic heterocycles. The van der Waals surface area contributed by atoms with Gasteiger partial charge in [0.2, 0.25) is 17.2 Å². The lowest BCUT2D eigenvalue weighted by molar-refractivity contribution is -0.116. The Morgan fingerprint density at radius 2 is 1.90 bits per heavy atom. The molecule has 0 saturated carbocycles. The average Bonchev–Trinajstić information content (AvgIpc) is 3.03. The molecular weight excluding hydrogens is 372 g/mol. The van der Waals surface area contributed by atoms with Crippen molar-refractivity contribution in [3.8, 4) is 0 Å². The Bertz CT molecular complexity index is 1330. The first-order chi connectivity index (χ1) is 13.8. The van der Waals surface area contributed by atoms with Crippen LogP contribution in [0.2, 0.25) is 0 Å². The second-order valence-corrected chi connectivity index (χ2v) is 6.88. The van der Waals surface area contributed by atoms with E-state index in [1.807, 2.05) is 19.9 Å². The number of nitrogens with one attached hydrogen (secondary N) is 1. The number of furan rings is 1. The molecule has 0 atom stereocenters. The van der Waals surface area contributed by atoms with Crippen LogP contribution in [-0.2, 0) is 11.3 Å². The molecule has 0 aliphatic heterocycles. The maximum Gasteiger partial charge on any atom is 0.297 e. The molecule has 146 valence electrons. The van der Waals surface area contributed by atoms with Crippen molar-refractivity contribution in [1.82, 2.24) is 14.5 Å². The Morgan fingerprint density at radius 3 is 2.59 bits per heavy atom. The molecule has 29 heavy (non-hydrogen) atoms.